The lowest BCUT2D eigenvalue weighted by Crippen LogP contribution is -2.38. The van der Waals surface area contributed by atoms with E-state index in [1.165, 1.54) is 0 Å². The van der Waals surface area contributed by atoms with Crippen molar-refractivity contribution in [3.63, 3.8) is 0 Å². The molecule has 1 aliphatic rings. The molecule has 14 heavy (non-hydrogen) atoms. The molecule has 0 bridgehead atoms. The second-order valence-electron chi connectivity index (χ2n) is 4.83. The van der Waals surface area contributed by atoms with Gasteiger partial charge >= 0.3 is 0 Å². The largest absolute Gasteiger partial charge is 0.329 e. The summed E-state index contributed by atoms with van der Waals surface area (Å²) >= 11 is 0. The summed E-state index contributed by atoms with van der Waals surface area (Å²) in [7, 11) is -3.19. The van der Waals surface area contributed by atoms with Crippen LogP contribution in [-0.2, 0) is 10.0 Å². The molecule has 0 saturated heterocycles. The Labute approximate surface area is 86.3 Å². The molecular weight excluding hydrogens is 200 g/mol. The average molecular weight is 220 g/mol. The maximum absolute atomic E-state index is 11.5. The number of nitrogens with two attached hydrogens (primary N) is 1. The summed E-state index contributed by atoms with van der Waals surface area (Å²) < 4.78 is 25.6. The first-order valence-electron chi connectivity index (χ1n) is 4.98. The highest BCUT2D eigenvalue weighted by molar-refractivity contribution is 7.90. The van der Waals surface area contributed by atoms with Crippen molar-refractivity contribution >= 4 is 10.0 Å². The van der Waals surface area contributed by atoms with E-state index >= 15 is 0 Å². The fourth-order valence-electron chi connectivity index (χ4n) is 1.41. The van der Waals surface area contributed by atoms with E-state index in [0.717, 1.165) is 6.42 Å². The van der Waals surface area contributed by atoms with E-state index in [4.69, 9.17) is 5.73 Å². The van der Waals surface area contributed by atoms with E-state index in [1.807, 2.05) is 0 Å². The van der Waals surface area contributed by atoms with Gasteiger partial charge in [-0.3, -0.25) is 0 Å². The standard InChI is InChI=1S/C9H20N2O2S/c1-7(5-10)14(12,13)11-6-8-4-9(8,2)3/h7-8,11H,4-6,10H2,1-3H3. The summed E-state index contributed by atoms with van der Waals surface area (Å²) in [6, 6.07) is 0. The van der Waals surface area contributed by atoms with Crippen LogP contribution in [0.15, 0.2) is 0 Å². The van der Waals surface area contributed by atoms with Crippen molar-refractivity contribution < 1.29 is 8.42 Å². The van der Waals surface area contributed by atoms with Crippen LogP contribution >= 0.6 is 0 Å². The monoisotopic (exact) mass is 220 g/mol. The molecule has 2 unspecified atom stereocenters. The minimum absolute atomic E-state index is 0.170. The normalized spacial score (nSPS) is 27.3. The highest BCUT2D eigenvalue weighted by Crippen LogP contribution is 2.51. The Hall–Kier alpha value is -0.130. The fourth-order valence-corrected chi connectivity index (χ4v) is 2.38. The van der Waals surface area contributed by atoms with Gasteiger partial charge in [-0.15, -0.1) is 0 Å². The van der Waals surface area contributed by atoms with Crippen molar-refractivity contribution in [2.45, 2.75) is 32.4 Å². The lowest BCUT2D eigenvalue weighted by molar-refractivity contribution is 0.532. The van der Waals surface area contributed by atoms with Gasteiger partial charge in [0.25, 0.3) is 0 Å². The predicted molar refractivity (Wildman–Crippen MR) is 57.3 cm³/mol. The van der Waals surface area contributed by atoms with Crippen LogP contribution in [0.25, 0.3) is 0 Å². The summed E-state index contributed by atoms with van der Waals surface area (Å²) in [4.78, 5) is 0. The quantitative estimate of drug-likeness (QED) is 0.700. The number of rotatable bonds is 5. The Morgan fingerprint density at radius 3 is 2.43 bits per heavy atom. The van der Waals surface area contributed by atoms with E-state index in [9.17, 15) is 8.42 Å². The van der Waals surface area contributed by atoms with Gasteiger partial charge < -0.3 is 5.73 Å². The van der Waals surface area contributed by atoms with Crippen LogP contribution in [0.5, 0.6) is 0 Å². The predicted octanol–water partition coefficient (Wildman–Crippen LogP) is 0.299. The van der Waals surface area contributed by atoms with Gasteiger partial charge in [-0.1, -0.05) is 13.8 Å². The van der Waals surface area contributed by atoms with Crippen molar-refractivity contribution in [3.05, 3.63) is 0 Å². The third kappa shape index (κ3) is 2.68. The van der Waals surface area contributed by atoms with Crippen LogP contribution in [0.3, 0.4) is 0 Å². The molecule has 0 aromatic heterocycles. The van der Waals surface area contributed by atoms with E-state index in [-0.39, 0.29) is 6.54 Å². The second-order valence-corrected chi connectivity index (χ2v) is 7.01. The van der Waals surface area contributed by atoms with Crippen LogP contribution in [0.4, 0.5) is 0 Å². The van der Waals surface area contributed by atoms with E-state index in [1.54, 1.807) is 6.92 Å². The average Bonchev–Trinajstić information content (AvgIpc) is 2.69. The summed E-state index contributed by atoms with van der Waals surface area (Å²) in [6.07, 6.45) is 1.10. The molecule has 3 N–H and O–H groups in total. The van der Waals surface area contributed by atoms with E-state index < -0.39 is 15.3 Å². The molecule has 1 rings (SSSR count). The lowest BCUT2D eigenvalue weighted by Gasteiger charge is -2.12. The molecule has 0 spiro atoms. The van der Waals surface area contributed by atoms with Crippen LogP contribution in [0.2, 0.25) is 0 Å². The Morgan fingerprint density at radius 2 is 2.07 bits per heavy atom. The smallest absolute Gasteiger partial charge is 0.215 e. The third-order valence-corrected chi connectivity index (χ3v) is 4.93. The lowest BCUT2D eigenvalue weighted by atomic mass is 10.1. The van der Waals surface area contributed by atoms with Crippen LogP contribution in [0.1, 0.15) is 27.2 Å². The first-order chi connectivity index (χ1) is 6.29. The minimum Gasteiger partial charge on any atom is -0.329 e. The van der Waals surface area contributed by atoms with Crippen molar-refractivity contribution in [2.24, 2.45) is 17.1 Å². The number of hydrogen-bond acceptors (Lipinski definition) is 3. The van der Waals surface area contributed by atoms with Crippen molar-refractivity contribution in [2.75, 3.05) is 13.1 Å². The molecule has 0 radical (unpaired) electrons. The zero-order valence-electron chi connectivity index (χ0n) is 9.08. The van der Waals surface area contributed by atoms with Crippen LogP contribution < -0.4 is 10.5 Å². The summed E-state index contributed by atoms with van der Waals surface area (Å²) in [6.45, 7) is 6.65. The Kier molecular flexibility index (Phi) is 3.23. The van der Waals surface area contributed by atoms with E-state index in [0.29, 0.717) is 17.9 Å². The Bertz CT molecular complexity index is 298. The summed E-state index contributed by atoms with van der Waals surface area (Å²) in [5, 5.41) is -0.496. The molecule has 2 atom stereocenters. The molecule has 4 nitrogen and oxygen atoms in total. The minimum atomic E-state index is -3.19. The van der Waals surface area contributed by atoms with Gasteiger partial charge in [-0.05, 0) is 24.7 Å². The summed E-state index contributed by atoms with van der Waals surface area (Å²) in [5.41, 5.74) is 5.63. The van der Waals surface area contributed by atoms with Gasteiger partial charge in [0.05, 0.1) is 5.25 Å². The SMILES string of the molecule is CC(CN)S(=O)(=O)NCC1CC1(C)C. The maximum atomic E-state index is 11.5. The number of sulfonamides is 1. The van der Waals surface area contributed by atoms with Crippen molar-refractivity contribution in [1.82, 2.24) is 4.72 Å². The molecule has 0 aliphatic heterocycles. The zero-order chi connectivity index (χ0) is 11.0. The Morgan fingerprint density at radius 1 is 1.57 bits per heavy atom. The number of hydrogen-bond donors (Lipinski definition) is 2. The molecule has 5 heteroatoms. The molecule has 1 fully saturated rings. The van der Waals surface area contributed by atoms with Gasteiger partial charge in [0.1, 0.15) is 0 Å². The molecular formula is C9H20N2O2S. The van der Waals surface area contributed by atoms with Gasteiger partial charge in [-0.2, -0.15) is 0 Å². The first kappa shape index (κ1) is 11.9. The van der Waals surface area contributed by atoms with Crippen LogP contribution in [-0.4, -0.2) is 26.8 Å². The second kappa shape index (κ2) is 3.79. The number of nitrogens with one attached hydrogen (secondary N) is 1. The fraction of sp³-hybridized carbons (Fsp3) is 1.00. The van der Waals surface area contributed by atoms with Gasteiger partial charge in [-0.25, -0.2) is 13.1 Å². The first-order valence-corrected chi connectivity index (χ1v) is 6.53. The third-order valence-electron chi connectivity index (χ3n) is 3.11. The molecule has 1 saturated carbocycles. The highest BCUT2D eigenvalue weighted by atomic mass is 32.2. The maximum Gasteiger partial charge on any atom is 0.215 e. The van der Waals surface area contributed by atoms with Crippen molar-refractivity contribution in [3.8, 4) is 0 Å². The molecule has 0 amide bonds. The zero-order valence-corrected chi connectivity index (χ0v) is 9.89. The molecule has 1 aliphatic carbocycles. The van der Waals surface area contributed by atoms with Crippen LogP contribution in [0, 0.1) is 11.3 Å². The topological polar surface area (TPSA) is 72.2 Å². The molecule has 0 aromatic carbocycles. The Balaban J connectivity index is 2.39. The molecule has 84 valence electrons. The van der Waals surface area contributed by atoms with E-state index in [2.05, 4.69) is 18.6 Å². The summed E-state index contributed by atoms with van der Waals surface area (Å²) in [5.74, 6) is 0.488. The molecule has 0 heterocycles. The van der Waals surface area contributed by atoms with Gasteiger partial charge in [0, 0.05) is 13.1 Å². The van der Waals surface area contributed by atoms with Gasteiger partial charge in [0.2, 0.25) is 10.0 Å². The van der Waals surface area contributed by atoms with Crippen molar-refractivity contribution in [1.29, 1.82) is 0 Å². The highest BCUT2D eigenvalue weighted by Gasteiger charge is 2.45. The molecule has 0 aromatic rings. The van der Waals surface area contributed by atoms with Gasteiger partial charge in [0.15, 0.2) is 0 Å².